The molecule has 0 N–H and O–H groups in total. The second kappa shape index (κ2) is 17.3. The molecule has 0 aromatic carbocycles. The van der Waals surface area contributed by atoms with E-state index in [9.17, 15) is 0 Å². The van der Waals surface area contributed by atoms with Gasteiger partial charge in [0.1, 0.15) is 0 Å². The van der Waals surface area contributed by atoms with Crippen molar-refractivity contribution in [3.05, 3.63) is 37.3 Å². The monoisotopic (exact) mass is 513 g/mol. The molecule has 1 heterocycles. The summed E-state index contributed by atoms with van der Waals surface area (Å²) in [6, 6.07) is 0. The van der Waals surface area contributed by atoms with Crippen molar-refractivity contribution in [3.63, 3.8) is 0 Å². The Balaban J connectivity index is 0.000000370. The first-order valence-electron chi connectivity index (χ1n) is 11.4. The summed E-state index contributed by atoms with van der Waals surface area (Å²) in [7, 11) is 4.52. The van der Waals surface area contributed by atoms with Crippen molar-refractivity contribution in [2.24, 2.45) is 0 Å². The maximum absolute atomic E-state index is 4.57. The molecule has 3 saturated carbocycles. The zero-order valence-corrected chi connectivity index (χ0v) is 21.5. The summed E-state index contributed by atoms with van der Waals surface area (Å²) in [5.41, 5.74) is 3.68. The van der Waals surface area contributed by atoms with Crippen molar-refractivity contribution < 1.29 is 17.3 Å². The van der Waals surface area contributed by atoms with Crippen LogP contribution in [-0.4, -0.2) is 17.0 Å². The first-order chi connectivity index (χ1) is 13.4. The molecular formula is C24H43ClNPRu+. The van der Waals surface area contributed by atoms with E-state index in [0.717, 1.165) is 6.42 Å². The molecule has 4 aliphatic rings. The molecule has 0 atom stereocenters. The van der Waals surface area contributed by atoms with E-state index in [0.29, 0.717) is 0 Å². The quantitative estimate of drug-likeness (QED) is 0.203. The summed E-state index contributed by atoms with van der Waals surface area (Å²) in [5, 5.41) is 3.82. The predicted octanol–water partition coefficient (Wildman–Crippen LogP) is 9.13. The number of nitrogens with zero attached hydrogens (tertiary/aromatic N) is 1. The van der Waals surface area contributed by atoms with Crippen LogP contribution in [0.15, 0.2) is 24.6 Å². The molecule has 4 heteroatoms. The topological polar surface area (TPSA) is 14.1 Å². The number of hydrogen-bond acceptors (Lipinski definition) is 0. The Morgan fingerprint density at radius 1 is 0.607 bits per heavy atom. The normalized spacial score (nSPS) is 23.5. The first-order valence-corrected chi connectivity index (χ1v) is 15.4. The molecule has 1 aliphatic heterocycles. The van der Waals surface area contributed by atoms with Crippen molar-refractivity contribution in [2.75, 3.05) is 0 Å². The van der Waals surface area contributed by atoms with Crippen LogP contribution in [0.4, 0.5) is 0 Å². The fraction of sp³-hybridized carbons (Fsp3) is 0.792. The Morgan fingerprint density at radius 3 is 1.14 bits per heavy atom. The molecule has 163 valence electrons. The third-order valence-corrected chi connectivity index (χ3v) is 11.4. The summed E-state index contributed by atoms with van der Waals surface area (Å²) in [4.78, 5) is 0. The van der Waals surface area contributed by atoms with Crippen LogP contribution in [0.5, 0.6) is 0 Å². The number of allylic oxidation sites excluding steroid dienone is 2. The number of rotatable bonds is 3. The van der Waals surface area contributed by atoms with Crippen LogP contribution in [0.1, 0.15) is 103 Å². The SMILES string of the molecule is C1=C[N-]C=CC1.C1CCC([PH+](C2CCCCC2)C2CCCCC2)CC1.[CH3-].[Cl][Ru+2]. The summed E-state index contributed by atoms with van der Waals surface area (Å²) >= 11 is 1.82. The third-order valence-electron chi connectivity index (χ3n) is 6.88. The van der Waals surface area contributed by atoms with Gasteiger partial charge in [-0.3, -0.25) is 0 Å². The van der Waals surface area contributed by atoms with Gasteiger partial charge in [-0.05, 0) is 83.5 Å². The molecule has 0 saturated heterocycles. The standard InChI is InChI=1S/C18H33P.C5H6N.CH3.ClH.Ru/c1-4-10-16(11-5-1)19(17-12-6-2-7-13-17)18-14-8-3-9-15-18;1-2-4-6-5-3-1;;;/h16-18H,1-15H2;2-5H,1H2;1H3;1H;/q;2*-1;;+3. The van der Waals surface area contributed by atoms with Gasteiger partial charge in [-0.1, -0.05) is 19.3 Å². The minimum absolute atomic E-state index is 0. The average molecular weight is 513 g/mol. The maximum atomic E-state index is 4.57. The molecule has 4 rings (SSSR count). The van der Waals surface area contributed by atoms with Gasteiger partial charge < -0.3 is 12.7 Å². The van der Waals surface area contributed by atoms with Crippen LogP contribution in [0.2, 0.25) is 0 Å². The molecule has 28 heavy (non-hydrogen) atoms. The minimum atomic E-state index is -0.0465. The van der Waals surface area contributed by atoms with E-state index in [1.165, 1.54) is 17.0 Å². The Morgan fingerprint density at radius 2 is 0.929 bits per heavy atom. The van der Waals surface area contributed by atoms with Gasteiger partial charge in [0.05, 0.1) is 17.0 Å². The molecule has 0 spiro atoms. The van der Waals surface area contributed by atoms with E-state index in [2.05, 4.69) is 15.0 Å². The molecule has 0 radical (unpaired) electrons. The molecule has 0 bridgehead atoms. The van der Waals surface area contributed by atoms with Crippen molar-refractivity contribution >= 4 is 17.6 Å². The van der Waals surface area contributed by atoms with Gasteiger partial charge in [-0.2, -0.15) is 12.4 Å². The van der Waals surface area contributed by atoms with Crippen molar-refractivity contribution in [1.29, 1.82) is 0 Å². The summed E-state index contributed by atoms with van der Waals surface area (Å²) in [6.45, 7) is 0. The average Bonchev–Trinajstić information content (AvgIpc) is 2.79. The second-order valence-corrected chi connectivity index (χ2v) is 12.1. The molecule has 0 unspecified atom stereocenters. The third kappa shape index (κ3) is 9.62. The second-order valence-electron chi connectivity index (χ2n) is 8.66. The van der Waals surface area contributed by atoms with Crippen LogP contribution in [0.25, 0.3) is 5.32 Å². The van der Waals surface area contributed by atoms with E-state index in [4.69, 9.17) is 0 Å². The number of hydrogen-bond donors (Lipinski definition) is 0. The van der Waals surface area contributed by atoms with Gasteiger partial charge in [-0.15, -0.1) is 12.2 Å². The zero-order valence-electron chi connectivity index (χ0n) is 18.0. The van der Waals surface area contributed by atoms with Crippen LogP contribution in [0.3, 0.4) is 0 Å². The fourth-order valence-corrected chi connectivity index (χ4v) is 10.9. The summed E-state index contributed by atoms with van der Waals surface area (Å²) < 4.78 is 0. The van der Waals surface area contributed by atoms with E-state index in [1.807, 2.05) is 29.5 Å². The van der Waals surface area contributed by atoms with Crippen molar-refractivity contribution in [2.45, 2.75) is 120 Å². The molecular weight excluding hydrogens is 470 g/mol. The fourth-order valence-electron chi connectivity index (χ4n) is 5.68. The van der Waals surface area contributed by atoms with Gasteiger partial charge in [0.15, 0.2) is 0 Å². The summed E-state index contributed by atoms with van der Waals surface area (Å²) in [5.74, 6) is 0. The zero-order chi connectivity index (χ0) is 19.2. The van der Waals surface area contributed by atoms with E-state index < -0.39 is 0 Å². The Bertz CT molecular complexity index is 348. The Hall–Kier alpha value is 0.623. The number of halogens is 1. The Kier molecular flexibility index (Phi) is 16.5. The summed E-state index contributed by atoms with van der Waals surface area (Å²) in [6.07, 6.45) is 32.5. The van der Waals surface area contributed by atoms with Gasteiger partial charge in [0.2, 0.25) is 0 Å². The van der Waals surface area contributed by atoms with Crippen LogP contribution >= 0.6 is 17.6 Å². The van der Waals surface area contributed by atoms with E-state index in [-0.39, 0.29) is 15.3 Å². The van der Waals surface area contributed by atoms with Crippen molar-refractivity contribution in [3.8, 4) is 0 Å². The Labute approximate surface area is 191 Å². The first kappa shape index (κ1) is 26.7. The van der Waals surface area contributed by atoms with Gasteiger partial charge in [0, 0.05) is 7.92 Å². The predicted molar refractivity (Wildman–Crippen MR) is 127 cm³/mol. The van der Waals surface area contributed by atoms with Crippen LogP contribution < -0.4 is 0 Å². The van der Waals surface area contributed by atoms with Gasteiger partial charge >= 0.3 is 27.0 Å². The molecule has 0 amide bonds. The van der Waals surface area contributed by atoms with Crippen molar-refractivity contribution in [1.82, 2.24) is 0 Å². The van der Waals surface area contributed by atoms with Crippen LogP contribution in [-0.2, 0) is 17.3 Å². The van der Waals surface area contributed by atoms with E-state index >= 15 is 0 Å². The molecule has 3 fully saturated rings. The molecule has 1 nitrogen and oxygen atoms in total. The molecule has 0 aromatic heterocycles. The van der Waals surface area contributed by atoms with Gasteiger partial charge in [-0.25, -0.2) is 0 Å². The van der Waals surface area contributed by atoms with E-state index in [1.54, 1.807) is 109 Å². The molecule has 3 aliphatic carbocycles. The van der Waals surface area contributed by atoms with Gasteiger partial charge in [0.25, 0.3) is 0 Å². The molecule has 0 aromatic rings. The van der Waals surface area contributed by atoms with Crippen LogP contribution in [0, 0.1) is 7.43 Å².